The van der Waals surface area contributed by atoms with Crippen molar-refractivity contribution in [2.75, 3.05) is 31.1 Å². The quantitative estimate of drug-likeness (QED) is 0.878. The molecule has 2 fully saturated rings. The van der Waals surface area contributed by atoms with Gasteiger partial charge in [0, 0.05) is 19.1 Å². The number of fused-ring (bicyclic) bond motifs is 1. The van der Waals surface area contributed by atoms with Gasteiger partial charge >= 0.3 is 0 Å². The average molecular weight is 373 g/mol. The van der Waals surface area contributed by atoms with Gasteiger partial charge < -0.3 is 4.90 Å². The Morgan fingerprint density at radius 2 is 1.81 bits per heavy atom. The van der Waals surface area contributed by atoms with Crippen LogP contribution in [0.1, 0.15) is 59.3 Å². The fourth-order valence-electron chi connectivity index (χ4n) is 4.45. The number of nitrogens with zero attached hydrogens (tertiary/aromatic N) is 5. The molecular formula is C20H32N6O. The van der Waals surface area contributed by atoms with Crippen molar-refractivity contribution < 1.29 is 0 Å². The van der Waals surface area contributed by atoms with Gasteiger partial charge in [-0.25, -0.2) is 4.68 Å². The molecule has 2 aliphatic heterocycles. The summed E-state index contributed by atoms with van der Waals surface area (Å²) < 4.78 is 1.86. The third kappa shape index (κ3) is 3.74. The Labute approximate surface area is 160 Å². The molecule has 2 aliphatic rings. The minimum absolute atomic E-state index is 0.0950. The Morgan fingerprint density at radius 3 is 2.52 bits per heavy atom. The molecule has 0 saturated carbocycles. The van der Waals surface area contributed by atoms with E-state index in [1.165, 1.54) is 45.2 Å². The molecule has 1 unspecified atom stereocenters. The number of hydrogen-bond donors (Lipinski definition) is 1. The second-order valence-corrected chi connectivity index (χ2v) is 9.05. The number of H-pyrrole nitrogens is 1. The van der Waals surface area contributed by atoms with E-state index in [1.54, 1.807) is 6.20 Å². The van der Waals surface area contributed by atoms with Crippen LogP contribution in [-0.4, -0.2) is 56.9 Å². The van der Waals surface area contributed by atoms with E-state index in [-0.39, 0.29) is 11.1 Å². The Kier molecular flexibility index (Phi) is 4.97. The van der Waals surface area contributed by atoms with E-state index in [0.717, 1.165) is 19.5 Å². The number of hydrogen-bond acceptors (Lipinski definition) is 5. The first-order chi connectivity index (χ1) is 12.9. The molecule has 27 heavy (non-hydrogen) atoms. The van der Waals surface area contributed by atoms with E-state index in [9.17, 15) is 4.79 Å². The molecule has 2 saturated heterocycles. The predicted molar refractivity (Wildman–Crippen MR) is 108 cm³/mol. The minimum atomic E-state index is -0.212. The van der Waals surface area contributed by atoms with Crippen molar-refractivity contribution >= 4 is 17.0 Å². The monoisotopic (exact) mass is 372 g/mol. The van der Waals surface area contributed by atoms with Crippen molar-refractivity contribution in [3.05, 3.63) is 16.6 Å². The van der Waals surface area contributed by atoms with Gasteiger partial charge in [0.1, 0.15) is 5.39 Å². The lowest BCUT2D eigenvalue weighted by Crippen LogP contribution is -2.49. The minimum Gasteiger partial charge on any atom is -0.341 e. The molecule has 0 amide bonds. The topological polar surface area (TPSA) is 70.1 Å². The van der Waals surface area contributed by atoms with Crippen molar-refractivity contribution in [1.29, 1.82) is 0 Å². The second-order valence-electron chi connectivity index (χ2n) is 9.05. The van der Waals surface area contributed by atoms with Gasteiger partial charge in [-0.05, 0) is 59.5 Å². The molecule has 1 N–H and O–H groups in total. The fourth-order valence-corrected chi connectivity index (χ4v) is 4.45. The Hall–Kier alpha value is -1.89. The first kappa shape index (κ1) is 18.5. The van der Waals surface area contributed by atoms with Gasteiger partial charge in [0.2, 0.25) is 5.95 Å². The van der Waals surface area contributed by atoms with Gasteiger partial charge in [0.25, 0.3) is 5.56 Å². The zero-order chi connectivity index (χ0) is 19.0. The van der Waals surface area contributed by atoms with Crippen molar-refractivity contribution in [2.45, 2.75) is 70.9 Å². The highest BCUT2D eigenvalue weighted by molar-refractivity contribution is 5.74. The van der Waals surface area contributed by atoms with E-state index >= 15 is 0 Å². The number of nitrogens with one attached hydrogen (secondary N) is 1. The van der Waals surface area contributed by atoms with Gasteiger partial charge in [-0.2, -0.15) is 10.1 Å². The molecule has 7 nitrogen and oxygen atoms in total. The maximum absolute atomic E-state index is 12.6. The van der Waals surface area contributed by atoms with Gasteiger partial charge in [-0.1, -0.05) is 12.8 Å². The number of aromatic amines is 1. The van der Waals surface area contributed by atoms with Gasteiger partial charge in [0.15, 0.2) is 5.65 Å². The molecule has 0 aliphatic carbocycles. The molecule has 1 atom stereocenters. The first-order valence-electron chi connectivity index (χ1n) is 10.4. The van der Waals surface area contributed by atoms with Crippen LogP contribution in [0.4, 0.5) is 5.95 Å². The highest BCUT2D eigenvalue weighted by atomic mass is 16.1. The van der Waals surface area contributed by atoms with Gasteiger partial charge in [-0.15, -0.1) is 0 Å². The third-order valence-electron chi connectivity index (χ3n) is 5.91. The van der Waals surface area contributed by atoms with Crippen molar-refractivity contribution in [2.24, 2.45) is 0 Å². The molecule has 148 valence electrons. The summed E-state index contributed by atoms with van der Waals surface area (Å²) >= 11 is 0. The lowest BCUT2D eigenvalue weighted by Gasteiger charge is -2.39. The zero-order valence-electron chi connectivity index (χ0n) is 16.9. The number of aromatic nitrogens is 4. The summed E-state index contributed by atoms with van der Waals surface area (Å²) in [6.07, 6.45) is 9.34. The van der Waals surface area contributed by atoms with E-state index in [1.807, 2.05) is 4.68 Å². The summed E-state index contributed by atoms with van der Waals surface area (Å²) in [5.74, 6) is 0.693. The summed E-state index contributed by atoms with van der Waals surface area (Å²) in [5.41, 5.74) is 0.372. The molecule has 7 heteroatoms. The van der Waals surface area contributed by atoms with Crippen LogP contribution in [0.25, 0.3) is 11.0 Å². The molecule has 2 aromatic heterocycles. The van der Waals surface area contributed by atoms with Crippen LogP contribution in [0.2, 0.25) is 0 Å². The van der Waals surface area contributed by atoms with Gasteiger partial charge in [0.05, 0.1) is 11.7 Å². The third-order valence-corrected chi connectivity index (χ3v) is 5.91. The maximum atomic E-state index is 12.6. The summed E-state index contributed by atoms with van der Waals surface area (Å²) in [4.78, 5) is 25.4. The molecule has 2 aromatic rings. The Bertz CT molecular complexity index is 840. The van der Waals surface area contributed by atoms with Crippen LogP contribution in [0.5, 0.6) is 0 Å². The standard InChI is InChI=1S/C20H32N6O/c1-20(2,3)26-17-16(13-21-26)18(27)23-19(22-17)25-12-8-9-15(14-25)24-10-6-4-5-7-11-24/h13,15H,4-12,14H2,1-3H3,(H,22,23,27). The van der Waals surface area contributed by atoms with Crippen LogP contribution < -0.4 is 10.5 Å². The summed E-state index contributed by atoms with van der Waals surface area (Å²) in [5, 5.41) is 4.98. The van der Waals surface area contributed by atoms with Crippen LogP contribution in [0.3, 0.4) is 0 Å². The van der Waals surface area contributed by atoms with E-state index < -0.39 is 0 Å². The lowest BCUT2D eigenvalue weighted by atomic mass is 10.0. The first-order valence-corrected chi connectivity index (χ1v) is 10.4. The second kappa shape index (κ2) is 7.26. The normalized spacial score (nSPS) is 22.9. The highest BCUT2D eigenvalue weighted by Crippen LogP contribution is 2.24. The van der Waals surface area contributed by atoms with Gasteiger partial charge in [-0.3, -0.25) is 14.7 Å². The zero-order valence-corrected chi connectivity index (χ0v) is 16.9. The summed E-state index contributed by atoms with van der Waals surface area (Å²) in [6, 6.07) is 0.561. The Morgan fingerprint density at radius 1 is 1.07 bits per heavy atom. The molecule has 0 spiro atoms. The van der Waals surface area contributed by atoms with Crippen molar-refractivity contribution in [1.82, 2.24) is 24.6 Å². The van der Waals surface area contributed by atoms with Crippen LogP contribution in [0.15, 0.2) is 11.0 Å². The van der Waals surface area contributed by atoms with Crippen LogP contribution in [0, 0.1) is 0 Å². The largest absolute Gasteiger partial charge is 0.341 e. The molecular weight excluding hydrogens is 340 g/mol. The lowest BCUT2D eigenvalue weighted by molar-refractivity contribution is 0.181. The molecule has 0 bridgehead atoms. The van der Waals surface area contributed by atoms with Crippen LogP contribution in [-0.2, 0) is 5.54 Å². The van der Waals surface area contributed by atoms with Crippen molar-refractivity contribution in [3.63, 3.8) is 0 Å². The highest BCUT2D eigenvalue weighted by Gasteiger charge is 2.28. The Balaban J connectivity index is 1.62. The van der Waals surface area contributed by atoms with Crippen LogP contribution >= 0.6 is 0 Å². The number of likely N-dealkylation sites (tertiary alicyclic amines) is 1. The molecule has 4 rings (SSSR count). The number of piperidine rings is 1. The number of rotatable bonds is 2. The van der Waals surface area contributed by atoms with E-state index in [2.05, 4.69) is 40.7 Å². The molecule has 4 heterocycles. The predicted octanol–water partition coefficient (Wildman–Crippen LogP) is 2.72. The van der Waals surface area contributed by atoms with E-state index in [4.69, 9.17) is 4.98 Å². The maximum Gasteiger partial charge on any atom is 0.263 e. The van der Waals surface area contributed by atoms with E-state index in [0.29, 0.717) is 23.0 Å². The number of anilines is 1. The smallest absolute Gasteiger partial charge is 0.263 e. The SMILES string of the molecule is CC(C)(C)n1ncc2c(=O)[nH]c(N3CCCC(N4CCCCCC4)C3)nc21. The summed E-state index contributed by atoms with van der Waals surface area (Å²) in [6.45, 7) is 10.5. The molecule has 0 radical (unpaired) electrons. The van der Waals surface area contributed by atoms with Crippen molar-refractivity contribution in [3.8, 4) is 0 Å². The average Bonchev–Trinajstić information content (AvgIpc) is 2.90. The summed E-state index contributed by atoms with van der Waals surface area (Å²) in [7, 11) is 0. The fraction of sp³-hybridized carbons (Fsp3) is 0.750. The molecule has 0 aromatic carbocycles.